The van der Waals surface area contributed by atoms with Gasteiger partial charge in [-0.3, -0.25) is 4.79 Å². The van der Waals surface area contributed by atoms with Crippen LogP contribution in [0.5, 0.6) is 0 Å². The molecule has 0 atom stereocenters. The zero-order valence-electron chi connectivity index (χ0n) is 11.5. The van der Waals surface area contributed by atoms with Gasteiger partial charge in [0.05, 0.1) is 17.7 Å². The van der Waals surface area contributed by atoms with Gasteiger partial charge in [0, 0.05) is 12.7 Å². The molecular weight excluding hydrogens is 240 g/mol. The summed E-state index contributed by atoms with van der Waals surface area (Å²) < 4.78 is 0. The first-order valence-electron chi connectivity index (χ1n) is 6.93. The fraction of sp³-hybridized carbons (Fsp3) is 0.643. The molecule has 0 saturated heterocycles. The second kappa shape index (κ2) is 6.10. The zero-order chi connectivity index (χ0) is 13.7. The van der Waals surface area contributed by atoms with Crippen LogP contribution < -0.4 is 11.1 Å². The van der Waals surface area contributed by atoms with Crippen LogP contribution in [0.4, 0.5) is 0 Å². The van der Waals surface area contributed by atoms with Crippen molar-refractivity contribution in [3.05, 3.63) is 23.8 Å². The molecule has 1 fully saturated rings. The van der Waals surface area contributed by atoms with Gasteiger partial charge in [-0.25, -0.2) is 9.97 Å². The van der Waals surface area contributed by atoms with Crippen molar-refractivity contribution in [2.45, 2.75) is 45.6 Å². The van der Waals surface area contributed by atoms with E-state index < -0.39 is 0 Å². The third kappa shape index (κ3) is 3.29. The normalized spacial score (nSPS) is 18.0. The van der Waals surface area contributed by atoms with Crippen molar-refractivity contribution in [2.24, 2.45) is 11.1 Å². The Morgan fingerprint density at radius 1 is 1.42 bits per heavy atom. The highest BCUT2D eigenvalue weighted by Gasteiger charge is 2.37. The number of carbonyl (C=O) groups is 1. The Morgan fingerprint density at radius 3 is 2.79 bits per heavy atom. The van der Waals surface area contributed by atoms with Crippen LogP contribution >= 0.6 is 0 Å². The van der Waals surface area contributed by atoms with Crippen LogP contribution in [0.2, 0.25) is 0 Å². The van der Waals surface area contributed by atoms with Crippen LogP contribution in [-0.2, 0) is 11.3 Å². The molecule has 5 nitrogen and oxygen atoms in total. The molecule has 1 aromatic heterocycles. The van der Waals surface area contributed by atoms with Gasteiger partial charge in [0.2, 0.25) is 5.91 Å². The van der Waals surface area contributed by atoms with Crippen LogP contribution in [0.15, 0.2) is 12.3 Å². The zero-order valence-corrected chi connectivity index (χ0v) is 11.5. The third-order valence-electron chi connectivity index (χ3n) is 3.95. The highest BCUT2D eigenvalue weighted by atomic mass is 16.2. The van der Waals surface area contributed by atoms with Crippen LogP contribution in [0.25, 0.3) is 0 Å². The van der Waals surface area contributed by atoms with Gasteiger partial charge >= 0.3 is 0 Å². The summed E-state index contributed by atoms with van der Waals surface area (Å²) in [7, 11) is 0. The molecular formula is C14H22N4O. The summed E-state index contributed by atoms with van der Waals surface area (Å²) in [6.45, 7) is 2.72. The largest absolute Gasteiger partial charge is 0.350 e. The van der Waals surface area contributed by atoms with E-state index >= 15 is 0 Å². The topological polar surface area (TPSA) is 80.9 Å². The number of nitrogens with zero attached hydrogens (tertiary/aromatic N) is 2. The first-order chi connectivity index (χ1) is 9.16. The molecule has 5 heteroatoms. The molecule has 1 aliphatic carbocycles. The van der Waals surface area contributed by atoms with E-state index in [9.17, 15) is 4.79 Å². The fourth-order valence-electron chi connectivity index (χ4n) is 2.71. The number of aryl methyl sites for hydroxylation is 1. The van der Waals surface area contributed by atoms with E-state index in [0.717, 1.165) is 37.2 Å². The molecule has 0 spiro atoms. The molecule has 0 aliphatic heterocycles. The van der Waals surface area contributed by atoms with Crippen molar-refractivity contribution in [3.63, 3.8) is 0 Å². The van der Waals surface area contributed by atoms with E-state index in [4.69, 9.17) is 5.73 Å². The van der Waals surface area contributed by atoms with Gasteiger partial charge in [-0.2, -0.15) is 0 Å². The van der Waals surface area contributed by atoms with Crippen LogP contribution in [0, 0.1) is 12.3 Å². The van der Waals surface area contributed by atoms with Gasteiger partial charge in [0.1, 0.15) is 5.82 Å². The summed E-state index contributed by atoms with van der Waals surface area (Å²) in [6.07, 6.45) is 6.91. The number of hydrogen-bond acceptors (Lipinski definition) is 4. The minimum absolute atomic E-state index is 0.0750. The SMILES string of the molecule is Cc1nccc(CNC(=O)C2(CN)CCCCC2)n1. The summed E-state index contributed by atoms with van der Waals surface area (Å²) >= 11 is 0. The molecule has 1 aromatic rings. The van der Waals surface area contributed by atoms with E-state index in [1.165, 1.54) is 6.42 Å². The van der Waals surface area contributed by atoms with Crippen LogP contribution in [0.3, 0.4) is 0 Å². The molecule has 0 unspecified atom stereocenters. The summed E-state index contributed by atoms with van der Waals surface area (Å²) in [5, 5.41) is 2.98. The van der Waals surface area contributed by atoms with E-state index in [1.807, 2.05) is 13.0 Å². The molecule has 1 aliphatic rings. The molecule has 2 rings (SSSR count). The molecule has 0 bridgehead atoms. The quantitative estimate of drug-likeness (QED) is 0.857. The van der Waals surface area contributed by atoms with Gasteiger partial charge in [-0.15, -0.1) is 0 Å². The van der Waals surface area contributed by atoms with Gasteiger partial charge in [0.15, 0.2) is 0 Å². The number of rotatable bonds is 4. The van der Waals surface area contributed by atoms with E-state index in [2.05, 4.69) is 15.3 Å². The Balaban J connectivity index is 1.96. The second-order valence-corrected chi connectivity index (χ2v) is 5.32. The molecule has 1 heterocycles. The smallest absolute Gasteiger partial charge is 0.227 e. The van der Waals surface area contributed by atoms with E-state index in [0.29, 0.717) is 13.1 Å². The maximum Gasteiger partial charge on any atom is 0.227 e. The molecule has 1 amide bonds. The number of hydrogen-bond donors (Lipinski definition) is 2. The van der Waals surface area contributed by atoms with Crippen molar-refractivity contribution in [1.82, 2.24) is 15.3 Å². The first kappa shape index (κ1) is 13.9. The molecule has 104 valence electrons. The molecule has 0 aromatic carbocycles. The lowest BCUT2D eigenvalue weighted by Gasteiger charge is -2.34. The van der Waals surface area contributed by atoms with Gasteiger partial charge in [0.25, 0.3) is 0 Å². The number of carbonyl (C=O) groups excluding carboxylic acids is 1. The Kier molecular flexibility index (Phi) is 4.47. The molecule has 3 N–H and O–H groups in total. The Labute approximate surface area is 114 Å². The summed E-state index contributed by atoms with van der Waals surface area (Å²) in [5.74, 6) is 0.795. The maximum absolute atomic E-state index is 12.4. The summed E-state index contributed by atoms with van der Waals surface area (Å²) in [4.78, 5) is 20.7. The maximum atomic E-state index is 12.4. The Hall–Kier alpha value is -1.49. The highest BCUT2D eigenvalue weighted by Crippen LogP contribution is 2.35. The minimum Gasteiger partial charge on any atom is -0.350 e. The number of amides is 1. The van der Waals surface area contributed by atoms with E-state index in [1.54, 1.807) is 6.20 Å². The summed E-state index contributed by atoms with van der Waals surface area (Å²) in [6, 6.07) is 1.82. The predicted molar refractivity (Wildman–Crippen MR) is 73.2 cm³/mol. The third-order valence-corrected chi connectivity index (χ3v) is 3.95. The fourth-order valence-corrected chi connectivity index (χ4v) is 2.71. The standard InChI is InChI=1S/C14H22N4O/c1-11-16-8-5-12(18-11)9-17-13(19)14(10-15)6-3-2-4-7-14/h5,8H,2-4,6-7,9-10,15H2,1H3,(H,17,19). The lowest BCUT2D eigenvalue weighted by atomic mass is 9.73. The molecule has 1 saturated carbocycles. The monoisotopic (exact) mass is 262 g/mol. The minimum atomic E-state index is -0.361. The second-order valence-electron chi connectivity index (χ2n) is 5.32. The van der Waals surface area contributed by atoms with Crippen LogP contribution in [0.1, 0.15) is 43.6 Å². The van der Waals surface area contributed by atoms with Crippen molar-refractivity contribution >= 4 is 5.91 Å². The van der Waals surface area contributed by atoms with E-state index in [-0.39, 0.29) is 11.3 Å². The highest BCUT2D eigenvalue weighted by molar-refractivity contribution is 5.82. The number of aromatic nitrogens is 2. The van der Waals surface area contributed by atoms with Crippen molar-refractivity contribution in [2.75, 3.05) is 6.54 Å². The van der Waals surface area contributed by atoms with Gasteiger partial charge in [-0.05, 0) is 25.8 Å². The van der Waals surface area contributed by atoms with Crippen LogP contribution in [-0.4, -0.2) is 22.4 Å². The number of nitrogens with one attached hydrogen (secondary N) is 1. The summed E-state index contributed by atoms with van der Waals surface area (Å²) in [5.41, 5.74) is 6.32. The van der Waals surface area contributed by atoms with Gasteiger partial charge in [-0.1, -0.05) is 19.3 Å². The van der Waals surface area contributed by atoms with Gasteiger partial charge < -0.3 is 11.1 Å². The average molecular weight is 262 g/mol. The van der Waals surface area contributed by atoms with Crippen molar-refractivity contribution in [3.8, 4) is 0 Å². The first-order valence-corrected chi connectivity index (χ1v) is 6.93. The van der Waals surface area contributed by atoms with Crippen molar-refractivity contribution in [1.29, 1.82) is 0 Å². The lowest BCUT2D eigenvalue weighted by Crippen LogP contribution is -2.47. The number of nitrogens with two attached hydrogens (primary N) is 1. The van der Waals surface area contributed by atoms with Crippen molar-refractivity contribution < 1.29 is 4.79 Å². The molecule has 0 radical (unpaired) electrons. The predicted octanol–water partition coefficient (Wildman–Crippen LogP) is 1.31. The Morgan fingerprint density at radius 2 is 2.16 bits per heavy atom. The average Bonchev–Trinajstić information content (AvgIpc) is 2.45. The molecule has 19 heavy (non-hydrogen) atoms. The lowest BCUT2D eigenvalue weighted by molar-refractivity contribution is -0.132. The Bertz CT molecular complexity index is 441.